The lowest BCUT2D eigenvalue weighted by Gasteiger charge is -2.29. The van der Waals surface area contributed by atoms with Crippen molar-refractivity contribution in [3.05, 3.63) is 53.0 Å². The van der Waals surface area contributed by atoms with E-state index in [4.69, 9.17) is 19.9 Å². The van der Waals surface area contributed by atoms with Crippen molar-refractivity contribution in [2.24, 2.45) is 17.6 Å². The Labute approximate surface area is 257 Å². The summed E-state index contributed by atoms with van der Waals surface area (Å²) in [5, 5.41) is 13.4. The van der Waals surface area contributed by atoms with Crippen LogP contribution in [0.3, 0.4) is 0 Å². The Kier molecular flexibility index (Phi) is 12.7. The minimum absolute atomic E-state index is 0.0239. The van der Waals surface area contributed by atoms with Gasteiger partial charge < -0.3 is 35.3 Å². The van der Waals surface area contributed by atoms with E-state index in [2.05, 4.69) is 10.3 Å². The zero-order valence-corrected chi connectivity index (χ0v) is 26.6. The first-order chi connectivity index (χ1) is 20.5. The highest BCUT2D eigenvalue weighted by Crippen LogP contribution is 2.29. The van der Waals surface area contributed by atoms with Crippen LogP contribution >= 0.6 is 11.3 Å². The van der Waals surface area contributed by atoms with Crippen molar-refractivity contribution in [3.8, 4) is 10.4 Å². The molecule has 1 aromatic heterocycles. The van der Waals surface area contributed by atoms with E-state index in [0.29, 0.717) is 13.2 Å². The van der Waals surface area contributed by atoms with Gasteiger partial charge in [-0.1, -0.05) is 38.1 Å². The molecule has 12 heteroatoms. The first kappa shape index (κ1) is 34.2. The zero-order chi connectivity index (χ0) is 31.7. The number of ether oxygens (including phenoxy) is 3. The lowest BCUT2D eigenvalue weighted by atomic mass is 9.89. The summed E-state index contributed by atoms with van der Waals surface area (Å²) in [4.78, 5) is 47.0. The summed E-state index contributed by atoms with van der Waals surface area (Å²) in [6.45, 7) is 11.7. The van der Waals surface area contributed by atoms with Crippen LogP contribution in [0.15, 0.2) is 41.7 Å². The fourth-order valence-corrected chi connectivity index (χ4v) is 5.88. The van der Waals surface area contributed by atoms with Gasteiger partial charge >= 0.3 is 0 Å². The molecule has 3 rings (SSSR count). The van der Waals surface area contributed by atoms with Gasteiger partial charge in [0.25, 0.3) is 0 Å². The number of hydrogen-bond donors (Lipinski definition) is 3. The summed E-state index contributed by atoms with van der Waals surface area (Å²) in [6.07, 6.45) is -0.381. The second kappa shape index (κ2) is 15.9. The van der Waals surface area contributed by atoms with Gasteiger partial charge in [-0.3, -0.25) is 14.4 Å². The average Bonchev–Trinajstić information content (AvgIpc) is 3.57. The number of β-amino-alcohol motifs (C(OH)–C–C–N with tert-alkyl or cyclic N) is 1. The standard InChI is InChI=1S/C31H44N4O7S/c1-7-40-27(41-8-2)16-42-26(32)14-25(37)28(18(3)4)31(39)35-15-23(36)13-24(35)30(38)34-19(5)21-9-11-22(12-10-21)29-20(6)33-17-43-29/h9-12,14,17-19,23-24,27-28,36H,7-8,13,15-16,32H2,1-6H3,(H,34,38)/t19-,23+,24-,28-/m0/s1. The number of rotatable bonds is 15. The summed E-state index contributed by atoms with van der Waals surface area (Å²) in [5.74, 6) is -3.17. The van der Waals surface area contributed by atoms with E-state index in [1.807, 2.05) is 57.5 Å². The number of aliphatic hydroxyl groups is 1. The Morgan fingerprint density at radius 1 is 1.16 bits per heavy atom. The highest BCUT2D eigenvalue weighted by Gasteiger charge is 2.43. The van der Waals surface area contributed by atoms with Gasteiger partial charge in [-0.15, -0.1) is 11.3 Å². The number of likely N-dealkylation sites (tertiary alicyclic amines) is 1. The molecule has 11 nitrogen and oxygen atoms in total. The molecule has 1 fully saturated rings. The largest absolute Gasteiger partial charge is 0.474 e. The summed E-state index contributed by atoms with van der Waals surface area (Å²) < 4.78 is 16.3. The maximum absolute atomic E-state index is 13.7. The number of nitrogens with zero attached hydrogens (tertiary/aromatic N) is 2. The van der Waals surface area contributed by atoms with E-state index >= 15 is 0 Å². The second-order valence-corrected chi connectivity index (χ2v) is 11.7. The molecule has 1 saturated heterocycles. The molecule has 236 valence electrons. The van der Waals surface area contributed by atoms with Crippen molar-refractivity contribution in [2.45, 2.75) is 72.4 Å². The topological polar surface area (TPSA) is 153 Å². The van der Waals surface area contributed by atoms with Crippen molar-refractivity contribution >= 4 is 28.9 Å². The number of carbonyl (C=O) groups is 3. The molecule has 0 saturated carbocycles. The molecule has 2 amide bonds. The van der Waals surface area contributed by atoms with Gasteiger partial charge in [-0.2, -0.15) is 0 Å². The fraction of sp³-hybridized carbons (Fsp3) is 0.548. The van der Waals surface area contributed by atoms with Gasteiger partial charge in [0.1, 0.15) is 18.6 Å². The molecule has 0 radical (unpaired) electrons. The lowest BCUT2D eigenvalue weighted by molar-refractivity contribution is -0.160. The van der Waals surface area contributed by atoms with Crippen molar-refractivity contribution in [2.75, 3.05) is 26.4 Å². The molecule has 1 aliphatic rings. The Bertz CT molecular complexity index is 1260. The van der Waals surface area contributed by atoms with Crippen molar-refractivity contribution in [1.29, 1.82) is 0 Å². The normalized spacial score (nSPS) is 18.6. The molecular weight excluding hydrogens is 572 g/mol. The van der Waals surface area contributed by atoms with Crippen LogP contribution in [0.25, 0.3) is 10.4 Å². The minimum Gasteiger partial charge on any atom is -0.474 e. The van der Waals surface area contributed by atoms with Crippen LogP contribution in [0, 0.1) is 18.8 Å². The van der Waals surface area contributed by atoms with Gasteiger partial charge in [0.05, 0.1) is 28.2 Å². The number of thiazole rings is 1. The Hall–Kier alpha value is -3.32. The molecule has 2 aromatic rings. The van der Waals surface area contributed by atoms with E-state index < -0.39 is 47.9 Å². The van der Waals surface area contributed by atoms with Crippen LogP contribution in [-0.4, -0.2) is 77.4 Å². The highest BCUT2D eigenvalue weighted by atomic mass is 32.1. The number of aliphatic hydroxyl groups excluding tert-OH is 1. The highest BCUT2D eigenvalue weighted by molar-refractivity contribution is 7.13. The van der Waals surface area contributed by atoms with Gasteiger partial charge in [-0.05, 0) is 44.7 Å². The van der Waals surface area contributed by atoms with Crippen LogP contribution in [0.2, 0.25) is 0 Å². The summed E-state index contributed by atoms with van der Waals surface area (Å²) in [5.41, 5.74) is 10.6. The molecule has 2 heterocycles. The van der Waals surface area contributed by atoms with Gasteiger partial charge in [0, 0.05) is 32.3 Å². The number of benzene rings is 1. The Balaban J connectivity index is 1.68. The molecule has 4 atom stereocenters. The first-order valence-electron chi connectivity index (χ1n) is 14.6. The quantitative estimate of drug-likeness (QED) is 0.118. The van der Waals surface area contributed by atoms with Gasteiger partial charge in [-0.25, -0.2) is 4.98 Å². The van der Waals surface area contributed by atoms with Crippen LogP contribution in [0.1, 0.15) is 58.3 Å². The number of nitrogens with one attached hydrogen (secondary N) is 1. The Morgan fingerprint density at radius 3 is 2.37 bits per heavy atom. The van der Waals surface area contributed by atoms with Crippen molar-refractivity contribution in [3.63, 3.8) is 0 Å². The molecule has 0 spiro atoms. The number of hydrogen-bond acceptors (Lipinski definition) is 10. The monoisotopic (exact) mass is 616 g/mol. The SMILES string of the molecule is CCOC(COC(N)=CC(=O)[C@@H](C(=O)N1C[C@H](O)C[C@H]1C(=O)N[C@@H](C)c1ccc(-c2scnc2C)cc1)C(C)C)OCC. The summed E-state index contributed by atoms with van der Waals surface area (Å²) in [7, 11) is 0. The molecular formula is C31H44N4O7S. The molecule has 1 aliphatic heterocycles. The third kappa shape index (κ3) is 9.09. The number of aromatic nitrogens is 1. The van der Waals surface area contributed by atoms with E-state index in [-0.39, 0.29) is 31.5 Å². The number of carbonyl (C=O) groups excluding carboxylic acids is 3. The Morgan fingerprint density at radius 2 is 1.81 bits per heavy atom. The number of allylic oxidation sites excluding steroid dienone is 1. The molecule has 43 heavy (non-hydrogen) atoms. The van der Waals surface area contributed by atoms with Crippen LogP contribution in [-0.2, 0) is 28.6 Å². The summed E-state index contributed by atoms with van der Waals surface area (Å²) >= 11 is 1.57. The maximum atomic E-state index is 13.7. The number of aryl methyl sites for hydroxylation is 1. The fourth-order valence-electron chi connectivity index (χ4n) is 5.07. The molecule has 4 N–H and O–H groups in total. The molecule has 0 unspecified atom stereocenters. The van der Waals surface area contributed by atoms with Crippen molar-refractivity contribution in [1.82, 2.24) is 15.2 Å². The van der Waals surface area contributed by atoms with Crippen molar-refractivity contribution < 1.29 is 33.7 Å². The molecule has 0 aliphatic carbocycles. The zero-order valence-electron chi connectivity index (χ0n) is 25.7. The second-order valence-electron chi connectivity index (χ2n) is 10.8. The number of nitrogens with two attached hydrogens (primary N) is 1. The lowest BCUT2D eigenvalue weighted by Crippen LogP contribution is -2.50. The third-order valence-corrected chi connectivity index (χ3v) is 8.23. The van der Waals surface area contributed by atoms with Crippen LogP contribution in [0.5, 0.6) is 0 Å². The van der Waals surface area contributed by atoms with E-state index in [1.165, 1.54) is 4.90 Å². The minimum atomic E-state index is -1.11. The van der Waals surface area contributed by atoms with Gasteiger partial charge in [0.2, 0.25) is 11.8 Å². The predicted molar refractivity (Wildman–Crippen MR) is 164 cm³/mol. The van der Waals surface area contributed by atoms with Crippen LogP contribution < -0.4 is 11.1 Å². The predicted octanol–water partition coefficient (Wildman–Crippen LogP) is 3.31. The average molecular weight is 617 g/mol. The molecule has 0 bridgehead atoms. The smallest absolute Gasteiger partial charge is 0.243 e. The van der Waals surface area contributed by atoms with E-state index in [9.17, 15) is 19.5 Å². The molecule has 1 aromatic carbocycles. The van der Waals surface area contributed by atoms with Gasteiger partial charge in [0.15, 0.2) is 18.0 Å². The van der Waals surface area contributed by atoms with E-state index in [0.717, 1.165) is 27.8 Å². The van der Waals surface area contributed by atoms with E-state index in [1.54, 1.807) is 25.2 Å². The maximum Gasteiger partial charge on any atom is 0.243 e. The number of ketones is 1. The third-order valence-electron chi connectivity index (χ3n) is 7.26. The van der Waals surface area contributed by atoms with Crippen LogP contribution in [0.4, 0.5) is 0 Å². The number of amides is 2. The first-order valence-corrected chi connectivity index (χ1v) is 15.5. The summed E-state index contributed by atoms with van der Waals surface area (Å²) in [6, 6.07) is 6.60.